The SMILES string of the molecule is CNc1nnc(-c2ccc(C3CCN(C(=O)CN4CCC(OC)(C(=O)O)C4)CC3)cc2)o1. The molecule has 2 aromatic rings. The molecule has 2 aliphatic rings. The average molecular weight is 444 g/mol. The summed E-state index contributed by atoms with van der Waals surface area (Å²) in [5.74, 6) is -0.0524. The summed E-state index contributed by atoms with van der Waals surface area (Å²) in [5, 5.41) is 20.2. The van der Waals surface area contributed by atoms with E-state index in [-0.39, 0.29) is 19.0 Å². The molecule has 2 N–H and O–H groups in total. The second-order valence-electron chi connectivity index (χ2n) is 8.40. The number of carboxylic acids is 1. The first kappa shape index (κ1) is 22.2. The number of anilines is 1. The molecule has 1 unspecified atom stereocenters. The van der Waals surface area contributed by atoms with E-state index >= 15 is 0 Å². The van der Waals surface area contributed by atoms with Crippen LogP contribution in [0.4, 0.5) is 6.01 Å². The lowest BCUT2D eigenvalue weighted by molar-refractivity contribution is -0.160. The van der Waals surface area contributed by atoms with Crippen molar-refractivity contribution in [1.82, 2.24) is 20.0 Å². The third-order valence-corrected chi connectivity index (χ3v) is 6.57. The molecule has 0 radical (unpaired) electrons. The van der Waals surface area contributed by atoms with Crippen molar-refractivity contribution >= 4 is 17.9 Å². The van der Waals surface area contributed by atoms with Crippen LogP contribution in [0.3, 0.4) is 0 Å². The molecular weight excluding hydrogens is 414 g/mol. The Morgan fingerprint density at radius 1 is 1.22 bits per heavy atom. The van der Waals surface area contributed by atoms with E-state index < -0.39 is 11.6 Å². The lowest BCUT2D eigenvalue weighted by atomic mass is 9.89. The van der Waals surface area contributed by atoms with Crippen molar-refractivity contribution in [3.05, 3.63) is 29.8 Å². The summed E-state index contributed by atoms with van der Waals surface area (Å²) >= 11 is 0. The van der Waals surface area contributed by atoms with E-state index in [9.17, 15) is 14.7 Å². The lowest BCUT2D eigenvalue weighted by Crippen LogP contribution is -2.46. The zero-order chi connectivity index (χ0) is 22.7. The van der Waals surface area contributed by atoms with Gasteiger partial charge in [-0.3, -0.25) is 9.69 Å². The van der Waals surface area contributed by atoms with E-state index in [0.29, 0.717) is 43.9 Å². The van der Waals surface area contributed by atoms with Crippen LogP contribution >= 0.6 is 0 Å². The molecule has 2 saturated heterocycles. The molecule has 1 amide bonds. The second-order valence-corrected chi connectivity index (χ2v) is 8.40. The number of nitrogens with one attached hydrogen (secondary N) is 1. The van der Waals surface area contributed by atoms with Crippen LogP contribution in [-0.4, -0.2) is 89.5 Å². The summed E-state index contributed by atoms with van der Waals surface area (Å²) in [5.41, 5.74) is 0.907. The van der Waals surface area contributed by atoms with Crippen molar-refractivity contribution in [2.75, 3.05) is 52.2 Å². The van der Waals surface area contributed by atoms with Crippen LogP contribution in [0.25, 0.3) is 11.5 Å². The van der Waals surface area contributed by atoms with Gasteiger partial charge in [-0.05, 0) is 36.5 Å². The summed E-state index contributed by atoms with van der Waals surface area (Å²) in [6.45, 7) is 2.41. The third-order valence-electron chi connectivity index (χ3n) is 6.57. The van der Waals surface area contributed by atoms with Crippen LogP contribution in [0.1, 0.15) is 30.7 Å². The van der Waals surface area contributed by atoms with Gasteiger partial charge in [0.05, 0.1) is 6.54 Å². The maximum absolute atomic E-state index is 12.8. The Hall–Kier alpha value is -2.98. The lowest BCUT2D eigenvalue weighted by Gasteiger charge is -2.33. The first-order chi connectivity index (χ1) is 15.4. The Bertz CT molecular complexity index is 954. The average Bonchev–Trinajstić information content (AvgIpc) is 3.47. The predicted molar refractivity (Wildman–Crippen MR) is 116 cm³/mol. The molecule has 0 aliphatic carbocycles. The van der Waals surface area contributed by atoms with Crippen LogP contribution in [0.5, 0.6) is 0 Å². The largest absolute Gasteiger partial charge is 0.479 e. The number of rotatable bonds is 7. The van der Waals surface area contributed by atoms with Gasteiger partial charge in [0.2, 0.25) is 11.8 Å². The number of benzene rings is 1. The molecule has 2 aliphatic heterocycles. The fourth-order valence-corrected chi connectivity index (χ4v) is 4.51. The number of carboxylic acid groups (broad SMARTS) is 1. The number of nitrogens with zero attached hydrogens (tertiary/aromatic N) is 4. The standard InChI is InChI=1S/C22H29N5O5/c1-23-21-25-24-19(32-21)17-5-3-15(4-6-17)16-7-10-27(11-8-16)18(28)13-26-12-9-22(14-26,31-2)20(29)30/h3-6,16H,7-14H2,1-2H3,(H,23,25)(H,29,30). The summed E-state index contributed by atoms with van der Waals surface area (Å²) in [4.78, 5) is 28.0. The van der Waals surface area contributed by atoms with Crippen molar-refractivity contribution in [3.8, 4) is 11.5 Å². The number of aliphatic carboxylic acids is 1. The second kappa shape index (κ2) is 9.25. The Balaban J connectivity index is 1.28. The van der Waals surface area contributed by atoms with E-state index in [1.54, 1.807) is 7.05 Å². The zero-order valence-corrected chi connectivity index (χ0v) is 18.4. The van der Waals surface area contributed by atoms with Crippen molar-refractivity contribution < 1.29 is 23.8 Å². The number of hydrogen-bond donors (Lipinski definition) is 2. The number of methoxy groups -OCH3 is 1. The van der Waals surface area contributed by atoms with Crippen molar-refractivity contribution in [2.45, 2.75) is 30.8 Å². The van der Waals surface area contributed by atoms with Crippen LogP contribution in [0.2, 0.25) is 0 Å². The van der Waals surface area contributed by atoms with Crippen LogP contribution in [-0.2, 0) is 14.3 Å². The van der Waals surface area contributed by atoms with Gasteiger partial charge in [0, 0.05) is 52.3 Å². The molecule has 2 fully saturated rings. The maximum Gasteiger partial charge on any atom is 0.337 e. The molecular formula is C22H29N5O5. The molecule has 10 nitrogen and oxygen atoms in total. The molecule has 4 rings (SSSR count). The maximum atomic E-state index is 12.8. The highest BCUT2D eigenvalue weighted by Gasteiger charge is 2.45. The zero-order valence-electron chi connectivity index (χ0n) is 18.4. The summed E-state index contributed by atoms with van der Waals surface area (Å²) in [6.07, 6.45) is 2.18. The van der Waals surface area contributed by atoms with Crippen molar-refractivity contribution in [1.29, 1.82) is 0 Å². The van der Waals surface area contributed by atoms with E-state index in [1.165, 1.54) is 12.7 Å². The highest BCUT2D eigenvalue weighted by atomic mass is 16.5. The van der Waals surface area contributed by atoms with Gasteiger partial charge >= 0.3 is 12.0 Å². The van der Waals surface area contributed by atoms with Crippen LogP contribution < -0.4 is 5.32 Å². The van der Waals surface area contributed by atoms with Gasteiger partial charge in [-0.25, -0.2) is 4.79 Å². The van der Waals surface area contributed by atoms with Crippen LogP contribution in [0, 0.1) is 0 Å². The summed E-state index contributed by atoms with van der Waals surface area (Å²) < 4.78 is 10.8. The monoisotopic (exact) mass is 443 g/mol. The minimum atomic E-state index is -1.20. The van der Waals surface area contributed by atoms with Crippen LogP contribution in [0.15, 0.2) is 28.7 Å². The first-order valence-electron chi connectivity index (χ1n) is 10.8. The molecule has 1 aromatic heterocycles. The number of hydrogen-bond acceptors (Lipinski definition) is 8. The minimum Gasteiger partial charge on any atom is -0.479 e. The normalized spacial score (nSPS) is 22.2. The van der Waals surface area contributed by atoms with Crippen molar-refractivity contribution in [2.24, 2.45) is 0 Å². The molecule has 0 saturated carbocycles. The summed E-state index contributed by atoms with van der Waals surface area (Å²) in [6, 6.07) is 8.52. The Morgan fingerprint density at radius 2 is 1.94 bits per heavy atom. The molecule has 32 heavy (non-hydrogen) atoms. The molecule has 172 valence electrons. The van der Waals surface area contributed by atoms with E-state index in [4.69, 9.17) is 9.15 Å². The highest BCUT2D eigenvalue weighted by Crippen LogP contribution is 2.30. The number of likely N-dealkylation sites (tertiary alicyclic amines) is 2. The minimum absolute atomic E-state index is 0.0489. The number of carbonyl (C=O) groups excluding carboxylic acids is 1. The van der Waals surface area contributed by atoms with Gasteiger partial charge in [-0.15, -0.1) is 5.10 Å². The quantitative estimate of drug-likeness (QED) is 0.658. The van der Waals surface area contributed by atoms with E-state index in [2.05, 4.69) is 27.6 Å². The fraction of sp³-hybridized carbons (Fsp3) is 0.545. The molecule has 3 heterocycles. The molecule has 10 heteroatoms. The number of carbonyl (C=O) groups is 2. The Labute approximate surface area is 186 Å². The number of amides is 1. The van der Waals surface area contributed by atoms with Crippen molar-refractivity contribution in [3.63, 3.8) is 0 Å². The molecule has 0 spiro atoms. The fourth-order valence-electron chi connectivity index (χ4n) is 4.51. The topological polar surface area (TPSA) is 121 Å². The van der Waals surface area contributed by atoms with Gasteiger partial charge in [0.15, 0.2) is 5.60 Å². The van der Waals surface area contributed by atoms with Gasteiger partial charge in [0.1, 0.15) is 0 Å². The first-order valence-corrected chi connectivity index (χ1v) is 10.8. The number of piperidine rings is 1. The van der Waals surface area contributed by atoms with Gasteiger partial charge in [-0.1, -0.05) is 17.2 Å². The Morgan fingerprint density at radius 3 is 2.50 bits per heavy atom. The molecule has 0 bridgehead atoms. The van der Waals surface area contributed by atoms with Gasteiger partial charge in [-0.2, -0.15) is 0 Å². The van der Waals surface area contributed by atoms with E-state index in [0.717, 1.165) is 18.4 Å². The van der Waals surface area contributed by atoms with E-state index in [1.807, 2.05) is 21.9 Å². The Kier molecular flexibility index (Phi) is 6.43. The molecule has 1 aromatic carbocycles. The number of aromatic nitrogens is 2. The predicted octanol–water partition coefficient (Wildman–Crippen LogP) is 1.66. The third kappa shape index (κ3) is 4.46. The number of ether oxygens (including phenoxy) is 1. The highest BCUT2D eigenvalue weighted by molar-refractivity contribution is 5.80. The summed E-state index contributed by atoms with van der Waals surface area (Å²) in [7, 11) is 3.14. The molecule has 1 atom stereocenters. The smallest absolute Gasteiger partial charge is 0.337 e. The van der Waals surface area contributed by atoms with Gasteiger partial charge in [0.25, 0.3) is 0 Å². The van der Waals surface area contributed by atoms with Gasteiger partial charge < -0.3 is 24.5 Å².